The van der Waals surface area contributed by atoms with Crippen molar-refractivity contribution in [2.24, 2.45) is 11.8 Å². The molecule has 178 valence electrons. The van der Waals surface area contributed by atoms with E-state index in [1.807, 2.05) is 30.3 Å². The van der Waals surface area contributed by atoms with Crippen molar-refractivity contribution in [2.75, 3.05) is 4.90 Å². The summed E-state index contributed by atoms with van der Waals surface area (Å²) in [6.07, 6.45) is 0. The van der Waals surface area contributed by atoms with Gasteiger partial charge in [0.2, 0.25) is 11.8 Å². The first-order chi connectivity index (χ1) is 16.5. The van der Waals surface area contributed by atoms with Crippen molar-refractivity contribution in [1.82, 2.24) is 0 Å². The van der Waals surface area contributed by atoms with Gasteiger partial charge < -0.3 is 0 Å². The zero-order chi connectivity index (χ0) is 24.9. The van der Waals surface area contributed by atoms with E-state index in [1.165, 1.54) is 38.3 Å². The van der Waals surface area contributed by atoms with Crippen molar-refractivity contribution in [2.45, 2.75) is 64.2 Å². The highest BCUT2D eigenvalue weighted by molar-refractivity contribution is 6.23. The maximum atomic E-state index is 14.0. The molecule has 4 atom stereocenters. The molecule has 0 unspecified atom stereocenters. The van der Waals surface area contributed by atoms with Gasteiger partial charge in [-0.15, -0.1) is 0 Å². The first-order valence-electron chi connectivity index (χ1n) is 12.7. The van der Waals surface area contributed by atoms with Crippen molar-refractivity contribution in [3.63, 3.8) is 0 Å². The van der Waals surface area contributed by atoms with Crippen molar-refractivity contribution < 1.29 is 9.59 Å². The van der Waals surface area contributed by atoms with Crippen LogP contribution < -0.4 is 4.90 Å². The lowest BCUT2D eigenvalue weighted by Gasteiger charge is -2.47. The summed E-state index contributed by atoms with van der Waals surface area (Å²) in [5, 5.41) is 0. The predicted molar refractivity (Wildman–Crippen MR) is 140 cm³/mol. The molecule has 3 aromatic rings. The van der Waals surface area contributed by atoms with Gasteiger partial charge in [-0.3, -0.25) is 9.59 Å². The normalized spacial score (nSPS) is 24.9. The highest BCUT2D eigenvalue weighted by Gasteiger charge is 2.62. The number of carbonyl (C=O) groups excluding carboxylic acids is 2. The molecule has 0 radical (unpaired) electrons. The highest BCUT2D eigenvalue weighted by Crippen LogP contribution is 2.62. The van der Waals surface area contributed by atoms with Gasteiger partial charge in [0.25, 0.3) is 0 Å². The van der Waals surface area contributed by atoms with Crippen molar-refractivity contribution in [1.29, 1.82) is 0 Å². The molecule has 3 heteroatoms. The molecule has 1 fully saturated rings. The maximum absolute atomic E-state index is 14.0. The van der Waals surface area contributed by atoms with E-state index in [9.17, 15) is 9.59 Å². The number of hydrogen-bond donors (Lipinski definition) is 0. The first kappa shape index (κ1) is 22.3. The van der Waals surface area contributed by atoms with E-state index >= 15 is 0 Å². The molecule has 1 saturated heterocycles. The van der Waals surface area contributed by atoms with E-state index in [-0.39, 0.29) is 46.3 Å². The van der Waals surface area contributed by atoms with Crippen LogP contribution in [0.5, 0.6) is 0 Å². The molecule has 0 aromatic heterocycles. The third kappa shape index (κ3) is 3.10. The number of carbonyl (C=O) groups is 2. The van der Waals surface area contributed by atoms with Gasteiger partial charge in [-0.2, -0.15) is 0 Å². The third-order valence-electron chi connectivity index (χ3n) is 8.38. The predicted octanol–water partition coefficient (Wildman–Crippen LogP) is 6.68. The molecule has 0 N–H and O–H groups in total. The minimum Gasteiger partial charge on any atom is -0.274 e. The largest absolute Gasteiger partial charge is 0.274 e. The minimum atomic E-state index is -0.358. The van der Waals surface area contributed by atoms with Crippen molar-refractivity contribution >= 4 is 17.5 Å². The molecule has 2 bridgehead atoms. The third-order valence-corrected chi connectivity index (χ3v) is 8.38. The van der Waals surface area contributed by atoms with Gasteiger partial charge in [0.1, 0.15) is 0 Å². The summed E-state index contributed by atoms with van der Waals surface area (Å²) in [5.41, 5.74) is 8.14. The van der Waals surface area contributed by atoms with Gasteiger partial charge in [-0.25, -0.2) is 4.90 Å². The second kappa shape index (κ2) is 7.16. The Morgan fingerprint density at radius 2 is 1.00 bits per heavy atom. The molecular weight excluding hydrogens is 430 g/mol. The van der Waals surface area contributed by atoms with E-state index in [4.69, 9.17) is 0 Å². The molecule has 1 aliphatic heterocycles. The summed E-state index contributed by atoms with van der Waals surface area (Å²) < 4.78 is 0. The van der Waals surface area contributed by atoms with Crippen LogP contribution in [-0.2, 0) is 20.4 Å². The number of hydrogen-bond acceptors (Lipinski definition) is 2. The minimum absolute atomic E-state index is 0.00955. The molecule has 3 nitrogen and oxygen atoms in total. The average molecular weight is 464 g/mol. The average Bonchev–Trinajstić information content (AvgIpc) is 3.08. The van der Waals surface area contributed by atoms with Crippen LogP contribution in [0.1, 0.15) is 86.8 Å². The number of amides is 2. The first-order valence-corrected chi connectivity index (χ1v) is 12.7. The smallest absolute Gasteiger partial charge is 0.238 e. The Morgan fingerprint density at radius 3 is 1.40 bits per heavy atom. The summed E-state index contributed by atoms with van der Waals surface area (Å²) in [7, 11) is 0. The van der Waals surface area contributed by atoms with E-state index < -0.39 is 0 Å². The van der Waals surface area contributed by atoms with Gasteiger partial charge >= 0.3 is 0 Å². The standard InChI is InChI=1S/C32H33NO2/c1-31(2,3)18-12-14-21-23(16-18)25-22-15-13-19(32(4,5)6)17-24(22)26(21)28-27(25)29(34)33(30(28)35)20-10-8-7-9-11-20/h7-17,25-28H,1-6H3/t25-,26+,27-,28-/m0/s1. The molecule has 2 amide bonds. The summed E-state index contributed by atoms with van der Waals surface area (Å²) in [6.45, 7) is 13.4. The molecular formula is C32H33NO2. The molecule has 4 aliphatic rings. The summed E-state index contributed by atoms with van der Waals surface area (Å²) in [4.78, 5) is 29.4. The van der Waals surface area contributed by atoms with Crippen LogP contribution in [-0.4, -0.2) is 11.8 Å². The molecule has 0 spiro atoms. The molecule has 3 aromatic carbocycles. The molecule has 1 heterocycles. The number of imide groups is 1. The van der Waals surface area contributed by atoms with Crippen molar-refractivity contribution in [3.05, 3.63) is 100 Å². The fourth-order valence-corrected chi connectivity index (χ4v) is 6.54. The van der Waals surface area contributed by atoms with Crippen LogP contribution in [0.4, 0.5) is 5.69 Å². The topological polar surface area (TPSA) is 37.4 Å². The second-order valence-corrected chi connectivity index (χ2v) is 12.5. The van der Waals surface area contributed by atoms with E-state index in [0.29, 0.717) is 5.69 Å². The van der Waals surface area contributed by atoms with Gasteiger partial charge in [0.15, 0.2) is 0 Å². The maximum Gasteiger partial charge on any atom is 0.238 e. The number of nitrogens with zero attached hydrogens (tertiary/aromatic N) is 1. The fourth-order valence-electron chi connectivity index (χ4n) is 6.54. The Bertz CT molecular complexity index is 1290. The summed E-state index contributed by atoms with van der Waals surface area (Å²) in [6, 6.07) is 23.0. The van der Waals surface area contributed by atoms with Crippen LogP contribution in [0.15, 0.2) is 66.7 Å². The number of para-hydroxylation sites is 1. The second-order valence-electron chi connectivity index (χ2n) is 12.5. The Kier molecular flexibility index (Phi) is 4.56. The SMILES string of the molecule is CC(C)(C)c1ccc2c(c1)[C@H]1c3ccc(C(C)(C)C)cc3[C@H]2[C@@H]2C(=O)N(c3ccccc3)C(=O)[C@@H]12. The van der Waals surface area contributed by atoms with E-state index in [1.54, 1.807) is 0 Å². The van der Waals surface area contributed by atoms with E-state index in [2.05, 4.69) is 77.9 Å². The highest BCUT2D eigenvalue weighted by atomic mass is 16.2. The van der Waals surface area contributed by atoms with Crippen LogP contribution in [0.25, 0.3) is 0 Å². The Labute approximate surface area is 208 Å². The Morgan fingerprint density at radius 1 is 0.571 bits per heavy atom. The zero-order valence-electron chi connectivity index (χ0n) is 21.4. The van der Waals surface area contributed by atoms with E-state index in [0.717, 1.165) is 0 Å². The van der Waals surface area contributed by atoms with Gasteiger partial charge in [-0.1, -0.05) is 96.1 Å². The Hall–Kier alpha value is -3.20. The zero-order valence-corrected chi connectivity index (χ0v) is 21.4. The molecule has 7 rings (SSSR count). The summed E-state index contributed by atoms with van der Waals surface area (Å²) >= 11 is 0. The molecule has 35 heavy (non-hydrogen) atoms. The van der Waals surface area contributed by atoms with Gasteiger partial charge in [-0.05, 0) is 56.3 Å². The number of rotatable bonds is 1. The van der Waals surface area contributed by atoms with Gasteiger partial charge in [0.05, 0.1) is 17.5 Å². The lowest BCUT2D eigenvalue weighted by Crippen LogP contribution is -2.42. The number of anilines is 1. The lowest BCUT2D eigenvalue weighted by molar-refractivity contribution is -0.122. The quantitative estimate of drug-likeness (QED) is 0.378. The van der Waals surface area contributed by atoms with Crippen LogP contribution in [0.2, 0.25) is 0 Å². The van der Waals surface area contributed by atoms with Crippen LogP contribution >= 0.6 is 0 Å². The van der Waals surface area contributed by atoms with Crippen LogP contribution in [0.3, 0.4) is 0 Å². The van der Waals surface area contributed by atoms with Crippen LogP contribution in [0, 0.1) is 11.8 Å². The van der Waals surface area contributed by atoms with Crippen molar-refractivity contribution in [3.8, 4) is 0 Å². The van der Waals surface area contributed by atoms with Gasteiger partial charge in [0, 0.05) is 11.8 Å². The number of benzene rings is 3. The lowest BCUT2D eigenvalue weighted by atomic mass is 9.54. The summed E-state index contributed by atoms with van der Waals surface area (Å²) in [5.74, 6) is -1.03. The Balaban J connectivity index is 1.59. The monoisotopic (exact) mass is 463 g/mol. The fraction of sp³-hybridized carbons (Fsp3) is 0.375. The molecule has 3 aliphatic carbocycles. The molecule has 0 saturated carbocycles.